The zero-order chi connectivity index (χ0) is 19.1. The fraction of sp³-hybridized carbons (Fsp3) is 0.381. The van der Waals surface area contributed by atoms with Gasteiger partial charge in [0.1, 0.15) is 4.83 Å². The highest BCUT2D eigenvalue weighted by molar-refractivity contribution is 8.00. The predicted octanol–water partition coefficient (Wildman–Crippen LogP) is 4.41. The van der Waals surface area contributed by atoms with Crippen LogP contribution in [0.2, 0.25) is 0 Å². The van der Waals surface area contributed by atoms with Crippen LogP contribution in [-0.4, -0.2) is 20.6 Å². The van der Waals surface area contributed by atoms with Gasteiger partial charge in [-0.1, -0.05) is 43.0 Å². The van der Waals surface area contributed by atoms with E-state index in [1.165, 1.54) is 27.8 Å². The maximum atomic E-state index is 12.9. The predicted molar refractivity (Wildman–Crippen MR) is 112 cm³/mol. The minimum absolute atomic E-state index is 0.00819. The average Bonchev–Trinajstić information content (AvgIpc) is 3.26. The molecule has 0 saturated carbocycles. The van der Waals surface area contributed by atoms with Gasteiger partial charge in [-0.2, -0.15) is 0 Å². The number of thioether (sulfide) groups is 1. The molecule has 4 nitrogen and oxygen atoms in total. The molecule has 0 N–H and O–H groups in total. The van der Waals surface area contributed by atoms with E-state index in [2.05, 4.69) is 6.92 Å². The molecule has 2 heterocycles. The highest BCUT2D eigenvalue weighted by Crippen LogP contribution is 2.36. The zero-order valence-corrected chi connectivity index (χ0v) is 17.4. The smallest absolute Gasteiger partial charge is 0.262 e. The van der Waals surface area contributed by atoms with Gasteiger partial charge in [-0.15, -0.1) is 11.3 Å². The monoisotopic (exact) mass is 398 g/mol. The summed E-state index contributed by atoms with van der Waals surface area (Å²) in [6, 6.07) is 7.77. The van der Waals surface area contributed by atoms with Crippen molar-refractivity contribution < 1.29 is 4.79 Å². The van der Waals surface area contributed by atoms with Gasteiger partial charge in [0.15, 0.2) is 10.9 Å². The Morgan fingerprint density at radius 3 is 2.74 bits per heavy atom. The fourth-order valence-corrected chi connectivity index (χ4v) is 5.82. The summed E-state index contributed by atoms with van der Waals surface area (Å²) in [6.45, 7) is 3.98. The van der Waals surface area contributed by atoms with Gasteiger partial charge in [-0.3, -0.25) is 14.2 Å². The number of Topliss-reactive ketones (excluding diaryl/α,β-unsaturated/α-hetero) is 1. The number of rotatable bonds is 5. The van der Waals surface area contributed by atoms with E-state index in [-0.39, 0.29) is 16.6 Å². The summed E-state index contributed by atoms with van der Waals surface area (Å²) >= 11 is 3.00. The molecule has 27 heavy (non-hydrogen) atoms. The van der Waals surface area contributed by atoms with Crippen molar-refractivity contribution in [2.45, 2.75) is 49.9 Å². The zero-order valence-electron chi connectivity index (χ0n) is 15.7. The molecule has 0 bridgehead atoms. The third-order valence-corrected chi connectivity index (χ3v) is 7.53. The van der Waals surface area contributed by atoms with Crippen LogP contribution in [0.15, 0.2) is 34.2 Å². The van der Waals surface area contributed by atoms with Crippen LogP contribution in [0.1, 0.15) is 46.6 Å². The Hall–Kier alpha value is -1.92. The summed E-state index contributed by atoms with van der Waals surface area (Å²) in [6.07, 6.45) is 4.10. The minimum Gasteiger partial charge on any atom is -0.293 e. The van der Waals surface area contributed by atoms with Crippen molar-refractivity contribution in [3.05, 3.63) is 56.2 Å². The van der Waals surface area contributed by atoms with Crippen molar-refractivity contribution in [2.24, 2.45) is 7.05 Å². The average molecular weight is 399 g/mol. The van der Waals surface area contributed by atoms with E-state index in [9.17, 15) is 9.59 Å². The lowest BCUT2D eigenvalue weighted by Crippen LogP contribution is -2.22. The van der Waals surface area contributed by atoms with E-state index >= 15 is 0 Å². The number of hydrogen-bond donors (Lipinski definition) is 0. The summed E-state index contributed by atoms with van der Waals surface area (Å²) in [4.78, 5) is 32.5. The molecule has 2 aromatic heterocycles. The molecule has 4 rings (SSSR count). The lowest BCUT2D eigenvalue weighted by molar-refractivity contribution is 0.0994. The number of aryl methyl sites for hydroxylation is 3. The van der Waals surface area contributed by atoms with Crippen LogP contribution in [0.25, 0.3) is 10.2 Å². The number of carbonyl (C=O) groups excluding carboxylic acids is 1. The number of nitrogens with zero attached hydrogens (tertiary/aromatic N) is 2. The van der Waals surface area contributed by atoms with Gasteiger partial charge >= 0.3 is 0 Å². The number of benzene rings is 1. The third kappa shape index (κ3) is 3.25. The number of hydrogen-bond acceptors (Lipinski definition) is 5. The lowest BCUT2D eigenvalue weighted by atomic mass is 10.1. The van der Waals surface area contributed by atoms with Crippen LogP contribution >= 0.6 is 23.1 Å². The molecule has 0 fully saturated rings. The second-order valence-electron chi connectivity index (χ2n) is 6.97. The van der Waals surface area contributed by atoms with Gasteiger partial charge in [-0.25, -0.2) is 4.98 Å². The molecule has 0 spiro atoms. The Morgan fingerprint density at radius 1 is 1.30 bits per heavy atom. The fourth-order valence-electron chi connectivity index (χ4n) is 3.56. The van der Waals surface area contributed by atoms with Crippen molar-refractivity contribution in [1.82, 2.24) is 9.55 Å². The molecular weight excluding hydrogens is 376 g/mol. The molecule has 6 heteroatoms. The summed E-state index contributed by atoms with van der Waals surface area (Å²) in [5.74, 6) is 0.0608. The molecule has 0 radical (unpaired) electrons. The molecule has 1 aliphatic rings. The second kappa shape index (κ2) is 7.24. The normalized spacial score (nSPS) is 14.5. The molecular formula is C21H22N2O2S2. The first-order valence-corrected chi connectivity index (χ1v) is 11.0. The molecule has 0 saturated heterocycles. The van der Waals surface area contributed by atoms with Crippen LogP contribution in [0, 0.1) is 0 Å². The molecule has 1 aliphatic carbocycles. The first kappa shape index (κ1) is 18.4. The lowest BCUT2D eigenvalue weighted by Gasteiger charge is -2.13. The first-order chi connectivity index (χ1) is 13.0. The molecule has 140 valence electrons. The minimum atomic E-state index is -0.306. The molecule has 0 unspecified atom stereocenters. The van der Waals surface area contributed by atoms with E-state index in [0.717, 1.165) is 35.9 Å². The van der Waals surface area contributed by atoms with Crippen LogP contribution in [0.5, 0.6) is 0 Å². The van der Waals surface area contributed by atoms with Gasteiger partial charge in [0, 0.05) is 17.5 Å². The maximum absolute atomic E-state index is 12.9. The number of aromatic nitrogens is 2. The van der Waals surface area contributed by atoms with E-state index in [1.54, 1.807) is 23.0 Å². The Balaban J connectivity index is 1.63. The third-order valence-electron chi connectivity index (χ3n) is 5.20. The molecule has 1 aromatic carbocycles. The Bertz CT molecular complexity index is 1080. The van der Waals surface area contributed by atoms with E-state index in [4.69, 9.17) is 4.98 Å². The summed E-state index contributed by atoms with van der Waals surface area (Å²) in [7, 11) is 1.75. The van der Waals surface area contributed by atoms with E-state index < -0.39 is 0 Å². The van der Waals surface area contributed by atoms with Crippen LogP contribution in [-0.2, 0) is 26.3 Å². The van der Waals surface area contributed by atoms with Crippen LogP contribution < -0.4 is 5.56 Å². The Labute approximate surface area is 166 Å². The molecule has 0 aliphatic heterocycles. The molecule has 0 amide bonds. The van der Waals surface area contributed by atoms with Gasteiger partial charge in [0.05, 0.1) is 10.6 Å². The van der Waals surface area contributed by atoms with Crippen molar-refractivity contribution >= 4 is 39.1 Å². The summed E-state index contributed by atoms with van der Waals surface area (Å²) in [5.41, 5.74) is 3.12. The van der Waals surface area contributed by atoms with Crippen LogP contribution in [0.3, 0.4) is 0 Å². The quantitative estimate of drug-likeness (QED) is 0.363. The Morgan fingerprint density at radius 2 is 2.04 bits per heavy atom. The van der Waals surface area contributed by atoms with Crippen molar-refractivity contribution in [3.63, 3.8) is 0 Å². The SMILES string of the molecule is CCc1ccc(C(=O)[C@@H](C)Sc2nc3sc4c(c3c(=O)n2C)CCC4)cc1. The number of ketones is 1. The van der Waals surface area contributed by atoms with Crippen molar-refractivity contribution in [3.8, 4) is 0 Å². The van der Waals surface area contributed by atoms with E-state index in [1.807, 2.05) is 31.2 Å². The topological polar surface area (TPSA) is 52.0 Å². The van der Waals surface area contributed by atoms with Gasteiger partial charge < -0.3 is 0 Å². The van der Waals surface area contributed by atoms with Crippen LogP contribution in [0.4, 0.5) is 0 Å². The highest BCUT2D eigenvalue weighted by Gasteiger charge is 2.24. The van der Waals surface area contributed by atoms with Gasteiger partial charge in [0.25, 0.3) is 5.56 Å². The highest BCUT2D eigenvalue weighted by atomic mass is 32.2. The van der Waals surface area contributed by atoms with Crippen molar-refractivity contribution in [1.29, 1.82) is 0 Å². The molecule has 3 aromatic rings. The largest absolute Gasteiger partial charge is 0.293 e. The summed E-state index contributed by atoms with van der Waals surface area (Å²) < 4.78 is 1.60. The number of carbonyl (C=O) groups is 1. The maximum Gasteiger partial charge on any atom is 0.262 e. The van der Waals surface area contributed by atoms with E-state index in [0.29, 0.717) is 10.7 Å². The number of fused-ring (bicyclic) bond motifs is 3. The van der Waals surface area contributed by atoms with Gasteiger partial charge in [-0.05, 0) is 43.7 Å². The Kier molecular flexibility index (Phi) is 4.95. The summed E-state index contributed by atoms with van der Waals surface area (Å²) in [5, 5.41) is 1.09. The first-order valence-electron chi connectivity index (χ1n) is 9.30. The van der Waals surface area contributed by atoms with Crippen molar-refractivity contribution in [2.75, 3.05) is 0 Å². The molecule has 1 atom stereocenters. The standard InChI is InChI=1S/C21H22N2O2S2/c1-4-13-8-10-14(11-9-13)18(24)12(2)26-21-22-19-17(20(25)23(21)3)15-6-5-7-16(15)27-19/h8-12H,4-7H2,1-3H3/t12-/m1/s1. The second-order valence-corrected chi connectivity index (χ2v) is 9.36. The van der Waals surface area contributed by atoms with Gasteiger partial charge in [0.2, 0.25) is 0 Å². The number of thiophene rings is 1.